The van der Waals surface area contributed by atoms with E-state index in [9.17, 15) is 23.3 Å². The summed E-state index contributed by atoms with van der Waals surface area (Å²) in [5.41, 5.74) is -0.0578. The highest BCUT2D eigenvalue weighted by molar-refractivity contribution is 7.89. The van der Waals surface area contributed by atoms with Crippen LogP contribution in [0.4, 0.5) is 5.69 Å². The number of rotatable bonds is 3. The van der Waals surface area contributed by atoms with E-state index in [-0.39, 0.29) is 21.5 Å². The second kappa shape index (κ2) is 5.06. The maximum atomic E-state index is 12.6. The number of nitro benzene ring substituents is 1. The van der Waals surface area contributed by atoms with E-state index in [1.165, 1.54) is 24.3 Å². The maximum absolute atomic E-state index is 12.6. The molecule has 0 spiro atoms. The number of aryl methyl sites for hydroxylation is 1. The molecule has 118 valence electrons. The highest BCUT2D eigenvalue weighted by Gasteiger charge is 2.22. The Morgan fingerprint density at radius 1 is 1.13 bits per heavy atom. The van der Waals surface area contributed by atoms with E-state index in [4.69, 9.17) is 0 Å². The maximum Gasteiger partial charge on any atom is 0.289 e. The summed E-state index contributed by atoms with van der Waals surface area (Å²) in [7, 11) is -4.10. The summed E-state index contributed by atoms with van der Waals surface area (Å²) >= 11 is 0. The molecular formula is C14H11N3O5S. The fourth-order valence-electron chi connectivity index (χ4n) is 2.17. The molecule has 1 heterocycles. The van der Waals surface area contributed by atoms with Crippen molar-refractivity contribution in [2.75, 3.05) is 0 Å². The van der Waals surface area contributed by atoms with Gasteiger partial charge in [0.15, 0.2) is 0 Å². The number of aromatic nitrogens is 2. The number of nitro groups is 1. The van der Waals surface area contributed by atoms with Crippen molar-refractivity contribution >= 4 is 26.6 Å². The smallest absolute Gasteiger partial charge is 0.280 e. The quantitative estimate of drug-likeness (QED) is 0.579. The lowest BCUT2D eigenvalue weighted by Crippen LogP contribution is -2.25. The molecule has 8 nitrogen and oxygen atoms in total. The Hall–Kier alpha value is -2.94. The van der Waals surface area contributed by atoms with Crippen LogP contribution >= 0.6 is 0 Å². The van der Waals surface area contributed by atoms with Gasteiger partial charge >= 0.3 is 0 Å². The van der Waals surface area contributed by atoms with Gasteiger partial charge in [0.05, 0.1) is 20.7 Å². The van der Waals surface area contributed by atoms with Crippen LogP contribution in [0.25, 0.3) is 10.9 Å². The Morgan fingerprint density at radius 3 is 2.39 bits per heavy atom. The van der Waals surface area contributed by atoms with Crippen LogP contribution in [0.15, 0.2) is 52.2 Å². The monoisotopic (exact) mass is 333 g/mol. The molecule has 0 saturated heterocycles. The molecule has 23 heavy (non-hydrogen) atoms. The third kappa shape index (κ3) is 2.40. The van der Waals surface area contributed by atoms with E-state index in [0.717, 1.165) is 11.6 Å². The van der Waals surface area contributed by atoms with Crippen LogP contribution in [0.1, 0.15) is 5.56 Å². The number of non-ortho nitro benzene ring substituents is 1. The number of nitrogens with one attached hydrogen (secondary N) is 1. The Balaban J connectivity index is 2.24. The molecule has 0 amide bonds. The van der Waals surface area contributed by atoms with Gasteiger partial charge in [0.2, 0.25) is 0 Å². The average Bonchev–Trinajstić information content (AvgIpc) is 2.85. The van der Waals surface area contributed by atoms with Gasteiger partial charge in [0.1, 0.15) is 0 Å². The van der Waals surface area contributed by atoms with Crippen molar-refractivity contribution in [2.24, 2.45) is 0 Å². The summed E-state index contributed by atoms with van der Waals surface area (Å²) in [5, 5.41) is 13.2. The lowest BCUT2D eigenvalue weighted by Gasteiger charge is -2.04. The molecule has 2 aromatic carbocycles. The number of hydrogen-bond acceptors (Lipinski definition) is 5. The van der Waals surface area contributed by atoms with Gasteiger partial charge in [-0.2, -0.15) is 8.42 Å². The fourth-order valence-corrected chi connectivity index (χ4v) is 3.40. The molecule has 0 fully saturated rings. The van der Waals surface area contributed by atoms with Crippen LogP contribution in [-0.4, -0.2) is 22.5 Å². The predicted octanol–water partition coefficient (Wildman–Crippen LogP) is 1.78. The third-order valence-corrected chi connectivity index (χ3v) is 5.02. The molecule has 3 aromatic rings. The average molecular weight is 333 g/mol. The van der Waals surface area contributed by atoms with Crippen molar-refractivity contribution in [1.82, 2.24) is 9.19 Å². The molecule has 0 saturated carbocycles. The van der Waals surface area contributed by atoms with Crippen LogP contribution < -0.4 is 5.56 Å². The first-order chi connectivity index (χ1) is 10.8. The van der Waals surface area contributed by atoms with Crippen molar-refractivity contribution in [2.45, 2.75) is 11.8 Å². The van der Waals surface area contributed by atoms with Crippen molar-refractivity contribution in [1.29, 1.82) is 0 Å². The lowest BCUT2D eigenvalue weighted by molar-refractivity contribution is -0.384. The van der Waals surface area contributed by atoms with Crippen LogP contribution in [0.3, 0.4) is 0 Å². The molecule has 0 aliphatic heterocycles. The Labute approximate surface area is 130 Å². The molecule has 0 radical (unpaired) electrons. The van der Waals surface area contributed by atoms with Gasteiger partial charge < -0.3 is 0 Å². The second-order valence-corrected chi connectivity index (χ2v) is 6.77. The molecule has 9 heteroatoms. The van der Waals surface area contributed by atoms with Crippen molar-refractivity contribution in [3.63, 3.8) is 0 Å². The lowest BCUT2D eigenvalue weighted by atomic mass is 10.2. The van der Waals surface area contributed by atoms with E-state index < -0.39 is 20.5 Å². The van der Waals surface area contributed by atoms with Gasteiger partial charge in [-0.25, -0.2) is 0 Å². The van der Waals surface area contributed by atoms with E-state index in [2.05, 4.69) is 5.10 Å². The van der Waals surface area contributed by atoms with Gasteiger partial charge in [-0.05, 0) is 25.1 Å². The standard InChI is InChI=1S/C14H11N3O5S/c1-9-2-5-11(6-3-9)23(21,22)16-14(18)12-8-10(17(19)20)4-7-13(12)15-16/h2-8,15H,1H3. The summed E-state index contributed by atoms with van der Waals surface area (Å²) in [6, 6.07) is 9.57. The van der Waals surface area contributed by atoms with Crippen molar-refractivity contribution in [3.05, 3.63) is 68.5 Å². The number of hydrogen-bond donors (Lipinski definition) is 1. The zero-order valence-electron chi connectivity index (χ0n) is 11.9. The minimum atomic E-state index is -4.10. The minimum absolute atomic E-state index is 0.0498. The van der Waals surface area contributed by atoms with Crippen LogP contribution in [0, 0.1) is 17.0 Å². The zero-order chi connectivity index (χ0) is 16.8. The largest absolute Gasteiger partial charge is 0.289 e. The number of aromatic amines is 1. The number of fused-ring (bicyclic) bond motifs is 1. The Kier molecular flexibility index (Phi) is 3.29. The summed E-state index contributed by atoms with van der Waals surface area (Å²) < 4.78 is 25.6. The summed E-state index contributed by atoms with van der Waals surface area (Å²) in [4.78, 5) is 22.4. The van der Waals surface area contributed by atoms with E-state index in [0.29, 0.717) is 4.09 Å². The van der Waals surface area contributed by atoms with Crippen LogP contribution in [0.2, 0.25) is 0 Å². The predicted molar refractivity (Wildman–Crippen MR) is 83.0 cm³/mol. The molecule has 1 aromatic heterocycles. The zero-order valence-corrected chi connectivity index (χ0v) is 12.7. The molecular weight excluding hydrogens is 322 g/mol. The van der Waals surface area contributed by atoms with E-state index in [1.54, 1.807) is 12.1 Å². The van der Waals surface area contributed by atoms with Crippen molar-refractivity contribution in [3.8, 4) is 0 Å². The molecule has 0 atom stereocenters. The highest BCUT2D eigenvalue weighted by Crippen LogP contribution is 2.19. The topological polar surface area (TPSA) is 115 Å². The highest BCUT2D eigenvalue weighted by atomic mass is 32.2. The normalized spacial score (nSPS) is 11.7. The van der Waals surface area contributed by atoms with Crippen LogP contribution in [-0.2, 0) is 10.0 Å². The minimum Gasteiger partial charge on any atom is -0.280 e. The SMILES string of the molecule is Cc1ccc(S(=O)(=O)n2[nH]c3ccc([N+](=O)[O-])cc3c2=O)cc1. The molecule has 3 rings (SSSR count). The first-order valence-corrected chi connectivity index (χ1v) is 7.96. The van der Waals surface area contributed by atoms with Gasteiger partial charge in [-0.15, -0.1) is 4.09 Å². The van der Waals surface area contributed by atoms with Gasteiger partial charge in [0, 0.05) is 12.1 Å². The molecule has 0 bridgehead atoms. The Morgan fingerprint density at radius 2 is 1.78 bits per heavy atom. The van der Waals surface area contributed by atoms with Crippen LogP contribution in [0.5, 0.6) is 0 Å². The van der Waals surface area contributed by atoms with E-state index in [1.807, 2.05) is 6.92 Å². The number of H-pyrrole nitrogens is 1. The number of benzene rings is 2. The summed E-state index contributed by atoms with van der Waals surface area (Å²) in [5.74, 6) is 0. The summed E-state index contributed by atoms with van der Waals surface area (Å²) in [6.45, 7) is 1.81. The van der Waals surface area contributed by atoms with Gasteiger partial charge in [0.25, 0.3) is 21.3 Å². The van der Waals surface area contributed by atoms with Crippen molar-refractivity contribution < 1.29 is 13.3 Å². The first kappa shape index (κ1) is 15.0. The van der Waals surface area contributed by atoms with Gasteiger partial charge in [-0.1, -0.05) is 17.7 Å². The molecule has 1 N–H and O–H groups in total. The Bertz CT molecular complexity index is 1080. The second-order valence-electron chi connectivity index (χ2n) is 4.99. The summed E-state index contributed by atoms with van der Waals surface area (Å²) in [6.07, 6.45) is 0. The fraction of sp³-hybridized carbons (Fsp3) is 0.0714. The molecule has 0 aliphatic rings. The van der Waals surface area contributed by atoms with Gasteiger partial charge in [-0.3, -0.25) is 20.0 Å². The molecule has 0 aliphatic carbocycles. The first-order valence-electron chi connectivity index (χ1n) is 6.52. The van der Waals surface area contributed by atoms with E-state index >= 15 is 0 Å². The third-order valence-electron chi connectivity index (χ3n) is 3.41. The number of nitrogens with zero attached hydrogens (tertiary/aromatic N) is 2. The molecule has 0 unspecified atom stereocenters.